The van der Waals surface area contributed by atoms with Gasteiger partial charge in [-0.3, -0.25) is 4.79 Å². The number of nitrogens with zero attached hydrogens (tertiary/aromatic N) is 1. The maximum absolute atomic E-state index is 12.0. The topological polar surface area (TPSA) is 95.9 Å². The van der Waals surface area contributed by atoms with Crippen LogP contribution in [0.4, 0.5) is 0 Å². The lowest BCUT2D eigenvalue weighted by atomic mass is 10.0. The third-order valence-corrected chi connectivity index (χ3v) is 4.42. The van der Waals surface area contributed by atoms with Crippen molar-refractivity contribution in [3.63, 3.8) is 0 Å². The molecule has 0 amide bonds. The van der Waals surface area contributed by atoms with Crippen molar-refractivity contribution < 1.29 is 23.1 Å². The van der Waals surface area contributed by atoms with Gasteiger partial charge < -0.3 is 9.84 Å². The van der Waals surface area contributed by atoms with Crippen LogP contribution in [0.25, 0.3) is 0 Å². The number of hydrogen-bond acceptors (Lipinski definition) is 5. The van der Waals surface area contributed by atoms with E-state index >= 15 is 0 Å². The first-order chi connectivity index (χ1) is 8.74. The van der Waals surface area contributed by atoms with Crippen molar-refractivity contribution in [3.05, 3.63) is 0 Å². The van der Waals surface area contributed by atoms with Crippen LogP contribution >= 0.6 is 0 Å². The van der Waals surface area contributed by atoms with Crippen molar-refractivity contribution in [3.8, 4) is 0 Å². The highest BCUT2D eigenvalue weighted by Crippen LogP contribution is 2.09. The molecule has 2 N–H and O–H groups in total. The molecule has 0 saturated heterocycles. The molecule has 7 nitrogen and oxygen atoms in total. The molecule has 8 heteroatoms. The van der Waals surface area contributed by atoms with Gasteiger partial charge in [0.15, 0.2) is 0 Å². The third-order valence-electron chi connectivity index (χ3n) is 2.81. The molecule has 0 aromatic carbocycles. The number of ether oxygens (including phenoxy) is 1. The Labute approximate surface area is 115 Å². The number of hydrogen-bond donors (Lipinski definition) is 2. The molecule has 1 atom stereocenters. The lowest BCUT2D eigenvalue weighted by molar-refractivity contribution is -0.140. The molecule has 0 fully saturated rings. The molecule has 0 aromatic heterocycles. The van der Waals surface area contributed by atoms with E-state index in [2.05, 4.69) is 9.46 Å². The second-order valence-electron chi connectivity index (χ2n) is 4.63. The van der Waals surface area contributed by atoms with E-state index in [-0.39, 0.29) is 31.5 Å². The van der Waals surface area contributed by atoms with Crippen molar-refractivity contribution >= 4 is 16.2 Å². The van der Waals surface area contributed by atoms with Crippen LogP contribution in [0.1, 0.15) is 26.7 Å². The van der Waals surface area contributed by atoms with Crippen molar-refractivity contribution in [2.45, 2.75) is 32.7 Å². The predicted octanol–water partition coefficient (Wildman–Crippen LogP) is -0.277. The standard InChI is InChI=1S/C11H24N2O5S/c1-9(2)10(6-8-14)12-19(16,17)13(3)7-5-11(15)18-4/h9-10,12,14H,5-8H2,1-4H3. The molecule has 0 spiro atoms. The van der Waals surface area contributed by atoms with Crippen LogP contribution in [0.3, 0.4) is 0 Å². The first-order valence-corrected chi connectivity index (χ1v) is 7.59. The third kappa shape index (κ3) is 6.86. The van der Waals surface area contributed by atoms with Crippen LogP contribution in [0, 0.1) is 5.92 Å². The van der Waals surface area contributed by atoms with Gasteiger partial charge >= 0.3 is 5.97 Å². The van der Waals surface area contributed by atoms with Gasteiger partial charge in [0, 0.05) is 26.2 Å². The number of methoxy groups -OCH3 is 1. The van der Waals surface area contributed by atoms with E-state index in [1.165, 1.54) is 14.2 Å². The monoisotopic (exact) mass is 296 g/mol. The van der Waals surface area contributed by atoms with Gasteiger partial charge in [-0.1, -0.05) is 13.8 Å². The van der Waals surface area contributed by atoms with Crippen LogP contribution in [0.2, 0.25) is 0 Å². The van der Waals surface area contributed by atoms with Crippen molar-refractivity contribution in [2.75, 3.05) is 27.3 Å². The number of carbonyl (C=O) groups excluding carboxylic acids is 1. The summed E-state index contributed by atoms with van der Waals surface area (Å²) in [6.07, 6.45) is 0.349. The van der Waals surface area contributed by atoms with Gasteiger partial charge in [0.25, 0.3) is 10.2 Å². The summed E-state index contributed by atoms with van der Waals surface area (Å²) < 4.78 is 32.0. The number of carbonyl (C=O) groups is 1. The largest absolute Gasteiger partial charge is 0.469 e. The second kappa shape index (κ2) is 8.47. The Morgan fingerprint density at radius 1 is 1.42 bits per heavy atom. The fraction of sp³-hybridized carbons (Fsp3) is 0.909. The summed E-state index contributed by atoms with van der Waals surface area (Å²) in [5.41, 5.74) is 0. The Morgan fingerprint density at radius 2 is 2.00 bits per heavy atom. The molecule has 0 heterocycles. The maximum Gasteiger partial charge on any atom is 0.306 e. The smallest absolute Gasteiger partial charge is 0.306 e. The van der Waals surface area contributed by atoms with Crippen molar-refractivity contribution in [2.24, 2.45) is 5.92 Å². The summed E-state index contributed by atoms with van der Waals surface area (Å²) >= 11 is 0. The van der Waals surface area contributed by atoms with Gasteiger partial charge in [0.05, 0.1) is 13.5 Å². The molecule has 114 valence electrons. The van der Waals surface area contributed by atoms with Gasteiger partial charge in [-0.15, -0.1) is 0 Å². The Kier molecular flexibility index (Phi) is 8.15. The minimum Gasteiger partial charge on any atom is -0.469 e. The van der Waals surface area contributed by atoms with Gasteiger partial charge in [-0.25, -0.2) is 0 Å². The zero-order valence-corrected chi connectivity index (χ0v) is 12.7. The summed E-state index contributed by atoms with van der Waals surface area (Å²) in [6.45, 7) is 3.71. The normalized spacial score (nSPS) is 13.8. The van der Waals surface area contributed by atoms with E-state index in [4.69, 9.17) is 5.11 Å². The second-order valence-corrected chi connectivity index (χ2v) is 6.44. The Hall–Kier alpha value is -0.700. The van der Waals surface area contributed by atoms with Crippen LogP contribution in [-0.2, 0) is 19.7 Å². The minimum atomic E-state index is -3.67. The molecule has 0 aliphatic carbocycles. The van der Waals surface area contributed by atoms with Crippen LogP contribution in [0.15, 0.2) is 0 Å². The summed E-state index contributed by atoms with van der Waals surface area (Å²) in [7, 11) is -1.02. The van der Waals surface area contributed by atoms with E-state index in [9.17, 15) is 13.2 Å². The number of aliphatic hydroxyl groups excluding tert-OH is 1. The molecule has 0 aliphatic rings. The van der Waals surface area contributed by atoms with E-state index in [0.717, 1.165) is 4.31 Å². The lowest BCUT2D eigenvalue weighted by Gasteiger charge is -2.25. The van der Waals surface area contributed by atoms with Crippen molar-refractivity contribution in [1.29, 1.82) is 0 Å². The Morgan fingerprint density at radius 3 is 2.42 bits per heavy atom. The van der Waals surface area contributed by atoms with Crippen molar-refractivity contribution in [1.82, 2.24) is 9.03 Å². The average Bonchev–Trinajstić information content (AvgIpc) is 2.34. The number of esters is 1. The molecule has 0 radical (unpaired) electrons. The number of aliphatic hydroxyl groups is 1. The summed E-state index contributed by atoms with van der Waals surface area (Å²) in [5, 5.41) is 8.92. The summed E-state index contributed by atoms with van der Waals surface area (Å²) in [4.78, 5) is 11.0. The number of rotatable bonds is 9. The molecule has 0 saturated carbocycles. The highest BCUT2D eigenvalue weighted by atomic mass is 32.2. The molecular formula is C11H24N2O5S. The molecule has 0 rings (SSSR count). The van der Waals surface area contributed by atoms with Gasteiger partial charge in [0.1, 0.15) is 0 Å². The van der Waals surface area contributed by atoms with Crippen LogP contribution < -0.4 is 4.72 Å². The van der Waals surface area contributed by atoms with Crippen LogP contribution in [0.5, 0.6) is 0 Å². The summed E-state index contributed by atoms with van der Waals surface area (Å²) in [6, 6.07) is -0.337. The first-order valence-electron chi connectivity index (χ1n) is 6.15. The van der Waals surface area contributed by atoms with E-state index < -0.39 is 16.2 Å². The average molecular weight is 296 g/mol. The van der Waals surface area contributed by atoms with Crippen LogP contribution in [-0.4, -0.2) is 57.1 Å². The quantitative estimate of drug-likeness (QED) is 0.571. The van der Waals surface area contributed by atoms with Gasteiger partial charge in [-0.05, 0) is 12.3 Å². The fourth-order valence-electron chi connectivity index (χ4n) is 1.42. The zero-order valence-electron chi connectivity index (χ0n) is 11.9. The molecule has 0 aromatic rings. The highest BCUT2D eigenvalue weighted by Gasteiger charge is 2.24. The molecular weight excluding hydrogens is 272 g/mol. The van der Waals surface area contributed by atoms with Gasteiger partial charge in [-0.2, -0.15) is 17.4 Å². The predicted molar refractivity (Wildman–Crippen MR) is 71.6 cm³/mol. The minimum absolute atomic E-state index is 0.000253. The van der Waals surface area contributed by atoms with E-state index in [0.29, 0.717) is 6.42 Å². The van der Waals surface area contributed by atoms with Gasteiger partial charge in [0.2, 0.25) is 0 Å². The Balaban J connectivity index is 4.54. The van der Waals surface area contributed by atoms with E-state index in [1.54, 1.807) is 0 Å². The van der Waals surface area contributed by atoms with E-state index in [1.807, 2.05) is 13.8 Å². The Bertz CT molecular complexity index is 369. The lowest BCUT2D eigenvalue weighted by Crippen LogP contribution is -2.46. The maximum atomic E-state index is 12.0. The highest BCUT2D eigenvalue weighted by molar-refractivity contribution is 7.87. The SMILES string of the molecule is COC(=O)CCN(C)S(=O)(=O)NC(CCO)C(C)C. The molecule has 19 heavy (non-hydrogen) atoms. The zero-order chi connectivity index (χ0) is 15.1. The molecule has 0 aliphatic heterocycles. The first kappa shape index (κ1) is 18.3. The molecule has 1 unspecified atom stereocenters. The molecule has 0 bridgehead atoms. The fourth-order valence-corrected chi connectivity index (χ4v) is 2.70. The number of nitrogens with one attached hydrogen (secondary N) is 1. The summed E-state index contributed by atoms with van der Waals surface area (Å²) in [5.74, 6) is -0.395.